The minimum absolute atomic E-state index is 0.163. The van der Waals surface area contributed by atoms with Gasteiger partial charge >= 0.3 is 0 Å². The molecule has 1 aliphatic carbocycles. The molecule has 1 aliphatic heterocycles. The molecule has 3 heteroatoms. The summed E-state index contributed by atoms with van der Waals surface area (Å²) >= 11 is 0. The van der Waals surface area contributed by atoms with Crippen LogP contribution in [-0.2, 0) is 12.1 Å². The SMILES string of the molecule is CC(C)N1Cc2ccc(C3(N)CCCCC3)cc2C1=O. The molecule has 0 atom stereocenters. The van der Waals surface area contributed by atoms with Crippen molar-refractivity contribution in [3.05, 3.63) is 34.9 Å². The van der Waals surface area contributed by atoms with Crippen molar-refractivity contribution in [1.29, 1.82) is 0 Å². The monoisotopic (exact) mass is 272 g/mol. The highest BCUT2D eigenvalue weighted by Gasteiger charge is 2.33. The molecule has 0 bridgehead atoms. The second kappa shape index (κ2) is 4.88. The molecule has 3 rings (SSSR count). The summed E-state index contributed by atoms with van der Waals surface area (Å²) in [5, 5.41) is 0. The van der Waals surface area contributed by atoms with Crippen LogP contribution in [-0.4, -0.2) is 16.8 Å². The Kier molecular flexibility index (Phi) is 3.33. The van der Waals surface area contributed by atoms with Gasteiger partial charge in [0.1, 0.15) is 0 Å². The summed E-state index contributed by atoms with van der Waals surface area (Å²) in [5.74, 6) is 0.163. The van der Waals surface area contributed by atoms with Gasteiger partial charge < -0.3 is 10.6 Å². The van der Waals surface area contributed by atoms with Crippen molar-refractivity contribution in [2.45, 2.75) is 64.1 Å². The van der Waals surface area contributed by atoms with E-state index in [2.05, 4.69) is 32.0 Å². The van der Waals surface area contributed by atoms with Crippen LogP contribution in [0, 0.1) is 0 Å². The number of carbonyl (C=O) groups is 1. The maximum Gasteiger partial charge on any atom is 0.254 e. The van der Waals surface area contributed by atoms with Crippen LogP contribution < -0.4 is 5.73 Å². The van der Waals surface area contributed by atoms with E-state index in [1.807, 2.05) is 4.90 Å². The maximum atomic E-state index is 12.5. The minimum atomic E-state index is -0.223. The maximum absolute atomic E-state index is 12.5. The number of fused-ring (bicyclic) bond motifs is 1. The summed E-state index contributed by atoms with van der Waals surface area (Å²) in [7, 11) is 0. The Hall–Kier alpha value is -1.35. The van der Waals surface area contributed by atoms with Crippen molar-refractivity contribution in [3.63, 3.8) is 0 Å². The number of hydrogen-bond acceptors (Lipinski definition) is 2. The van der Waals surface area contributed by atoms with E-state index in [0.717, 1.165) is 36.1 Å². The first-order chi connectivity index (χ1) is 9.51. The first kappa shape index (κ1) is 13.6. The molecule has 1 aromatic rings. The Balaban J connectivity index is 1.93. The molecule has 0 aromatic heterocycles. The average Bonchev–Trinajstić information content (AvgIpc) is 2.77. The van der Waals surface area contributed by atoms with E-state index in [-0.39, 0.29) is 17.5 Å². The average molecular weight is 272 g/mol. The van der Waals surface area contributed by atoms with Gasteiger partial charge in [0.25, 0.3) is 5.91 Å². The predicted molar refractivity (Wildman–Crippen MR) is 80.4 cm³/mol. The normalized spacial score (nSPS) is 21.4. The van der Waals surface area contributed by atoms with Crippen molar-refractivity contribution in [2.24, 2.45) is 5.73 Å². The van der Waals surface area contributed by atoms with Crippen molar-refractivity contribution >= 4 is 5.91 Å². The molecular formula is C17H24N2O. The van der Waals surface area contributed by atoms with Gasteiger partial charge in [-0.05, 0) is 43.9 Å². The van der Waals surface area contributed by atoms with Gasteiger partial charge in [0, 0.05) is 23.7 Å². The topological polar surface area (TPSA) is 46.3 Å². The van der Waals surface area contributed by atoms with Crippen LogP contribution in [0.15, 0.2) is 18.2 Å². The number of amides is 1. The minimum Gasteiger partial charge on any atom is -0.332 e. The molecule has 1 saturated carbocycles. The second-order valence-electron chi connectivity index (χ2n) is 6.62. The fourth-order valence-corrected chi connectivity index (χ4v) is 3.52. The van der Waals surface area contributed by atoms with E-state index >= 15 is 0 Å². The van der Waals surface area contributed by atoms with Gasteiger partial charge in [-0.15, -0.1) is 0 Å². The smallest absolute Gasteiger partial charge is 0.254 e. The molecule has 20 heavy (non-hydrogen) atoms. The van der Waals surface area contributed by atoms with E-state index in [9.17, 15) is 4.79 Å². The highest BCUT2D eigenvalue weighted by atomic mass is 16.2. The van der Waals surface area contributed by atoms with Gasteiger partial charge in [0.15, 0.2) is 0 Å². The molecule has 0 unspecified atom stereocenters. The largest absolute Gasteiger partial charge is 0.332 e. The van der Waals surface area contributed by atoms with Crippen LogP contribution in [0.5, 0.6) is 0 Å². The van der Waals surface area contributed by atoms with Crippen molar-refractivity contribution in [3.8, 4) is 0 Å². The lowest BCUT2D eigenvalue weighted by Gasteiger charge is -2.34. The molecule has 0 saturated heterocycles. The Labute approximate surface area is 121 Å². The van der Waals surface area contributed by atoms with Crippen LogP contribution in [0.4, 0.5) is 0 Å². The molecule has 2 N–H and O–H groups in total. The van der Waals surface area contributed by atoms with Gasteiger partial charge in [-0.1, -0.05) is 31.4 Å². The van der Waals surface area contributed by atoms with Crippen molar-refractivity contribution < 1.29 is 4.79 Å². The zero-order chi connectivity index (χ0) is 14.3. The summed E-state index contributed by atoms with van der Waals surface area (Å²) in [6.07, 6.45) is 5.74. The van der Waals surface area contributed by atoms with Gasteiger partial charge in [-0.25, -0.2) is 0 Å². The molecule has 0 radical (unpaired) electrons. The van der Waals surface area contributed by atoms with Crippen LogP contribution in [0.2, 0.25) is 0 Å². The zero-order valence-corrected chi connectivity index (χ0v) is 12.5. The summed E-state index contributed by atoms with van der Waals surface area (Å²) in [6.45, 7) is 4.87. The number of nitrogens with zero attached hydrogens (tertiary/aromatic N) is 1. The van der Waals surface area contributed by atoms with Crippen molar-refractivity contribution in [2.75, 3.05) is 0 Å². The molecule has 2 aliphatic rings. The van der Waals surface area contributed by atoms with Crippen LogP contribution in [0.25, 0.3) is 0 Å². The van der Waals surface area contributed by atoms with Gasteiger partial charge in [0.2, 0.25) is 0 Å². The summed E-state index contributed by atoms with van der Waals surface area (Å²) in [4.78, 5) is 14.4. The first-order valence-electron chi connectivity index (χ1n) is 7.74. The highest BCUT2D eigenvalue weighted by Crippen LogP contribution is 2.37. The fourth-order valence-electron chi connectivity index (χ4n) is 3.52. The Bertz CT molecular complexity index is 530. The molecule has 3 nitrogen and oxygen atoms in total. The zero-order valence-electron chi connectivity index (χ0n) is 12.5. The van der Waals surface area contributed by atoms with E-state index in [0.29, 0.717) is 0 Å². The third kappa shape index (κ3) is 2.14. The molecule has 0 spiro atoms. The Morgan fingerprint density at radius 2 is 1.90 bits per heavy atom. The molecular weight excluding hydrogens is 248 g/mol. The molecule has 1 fully saturated rings. The molecule has 108 valence electrons. The van der Waals surface area contributed by atoms with Gasteiger partial charge in [-0.3, -0.25) is 4.79 Å². The van der Waals surface area contributed by atoms with Crippen LogP contribution >= 0.6 is 0 Å². The van der Waals surface area contributed by atoms with Crippen molar-refractivity contribution in [1.82, 2.24) is 4.90 Å². The molecule has 1 aromatic carbocycles. The third-order valence-electron chi connectivity index (χ3n) is 4.89. The Morgan fingerprint density at radius 3 is 2.55 bits per heavy atom. The number of rotatable bonds is 2. The lowest BCUT2D eigenvalue weighted by Crippen LogP contribution is -2.38. The third-order valence-corrected chi connectivity index (χ3v) is 4.89. The standard InChI is InChI=1S/C17H24N2O/c1-12(2)19-11-13-6-7-14(10-15(13)16(19)20)17(18)8-4-3-5-9-17/h6-7,10,12H,3-5,8-9,11,18H2,1-2H3. The predicted octanol–water partition coefficient (Wildman–Crippen LogP) is 3.17. The van der Waals surface area contributed by atoms with Crippen LogP contribution in [0.3, 0.4) is 0 Å². The first-order valence-corrected chi connectivity index (χ1v) is 7.74. The summed E-state index contributed by atoms with van der Waals surface area (Å²) in [5.41, 5.74) is 9.53. The van der Waals surface area contributed by atoms with Crippen LogP contribution in [0.1, 0.15) is 67.4 Å². The van der Waals surface area contributed by atoms with E-state index < -0.39 is 0 Å². The van der Waals surface area contributed by atoms with Gasteiger partial charge in [0.05, 0.1) is 0 Å². The number of carbonyl (C=O) groups excluding carboxylic acids is 1. The van der Waals surface area contributed by atoms with Gasteiger partial charge in [-0.2, -0.15) is 0 Å². The number of benzene rings is 1. The second-order valence-corrected chi connectivity index (χ2v) is 6.62. The number of nitrogens with two attached hydrogens (primary N) is 1. The highest BCUT2D eigenvalue weighted by molar-refractivity contribution is 5.98. The lowest BCUT2D eigenvalue weighted by molar-refractivity contribution is 0.0730. The van der Waals surface area contributed by atoms with E-state index in [1.165, 1.54) is 19.3 Å². The quantitative estimate of drug-likeness (QED) is 0.899. The lowest BCUT2D eigenvalue weighted by atomic mass is 9.77. The fraction of sp³-hybridized carbons (Fsp3) is 0.588. The van der Waals surface area contributed by atoms with E-state index in [1.54, 1.807) is 0 Å². The molecule has 1 heterocycles. The number of hydrogen-bond donors (Lipinski definition) is 1. The molecule has 1 amide bonds. The Morgan fingerprint density at radius 1 is 1.20 bits per heavy atom. The summed E-state index contributed by atoms with van der Waals surface area (Å²) in [6, 6.07) is 6.56. The summed E-state index contributed by atoms with van der Waals surface area (Å²) < 4.78 is 0. The van der Waals surface area contributed by atoms with E-state index in [4.69, 9.17) is 5.73 Å².